The van der Waals surface area contributed by atoms with Gasteiger partial charge < -0.3 is 0 Å². The second kappa shape index (κ2) is 5.61. The summed E-state index contributed by atoms with van der Waals surface area (Å²) in [6, 6.07) is 5.39. The van der Waals surface area contributed by atoms with Gasteiger partial charge in [0.15, 0.2) is 0 Å². The molecule has 1 atom stereocenters. The van der Waals surface area contributed by atoms with Gasteiger partial charge in [-0.1, -0.05) is 6.07 Å². The van der Waals surface area contributed by atoms with Gasteiger partial charge in [0.1, 0.15) is 0 Å². The van der Waals surface area contributed by atoms with Crippen molar-refractivity contribution in [1.29, 1.82) is 0 Å². The van der Waals surface area contributed by atoms with Gasteiger partial charge in [0, 0.05) is 17.5 Å². The van der Waals surface area contributed by atoms with Crippen LogP contribution in [0.2, 0.25) is 0 Å². The molecule has 0 spiro atoms. The van der Waals surface area contributed by atoms with Crippen LogP contribution in [0.5, 0.6) is 0 Å². The van der Waals surface area contributed by atoms with E-state index in [2.05, 4.69) is 0 Å². The molecular weight excluding hydrogens is 347 g/mol. The minimum atomic E-state index is -4.57. The molecule has 1 aliphatic rings. The standard InChI is InChI=1S/C15H14F3NO2S2/c1-10-13-6-8-22-14(13)5-7-19(10)23(20,21)12-4-2-3-11(9-12)15(16,17)18/h2-4,6,8-10H,5,7H2,1H3/t10-/m0/s1. The minimum absolute atomic E-state index is 0.271. The number of alkyl halides is 3. The zero-order chi connectivity index (χ0) is 16.8. The molecule has 0 bridgehead atoms. The van der Waals surface area contributed by atoms with Gasteiger partial charge in [-0.25, -0.2) is 8.42 Å². The second-order valence-corrected chi connectivity index (χ2v) is 8.26. The highest BCUT2D eigenvalue weighted by atomic mass is 32.2. The summed E-state index contributed by atoms with van der Waals surface area (Å²) in [5.74, 6) is 0. The normalized spacial score (nSPS) is 19.6. The molecule has 2 aromatic rings. The summed E-state index contributed by atoms with van der Waals surface area (Å²) < 4.78 is 65.3. The van der Waals surface area contributed by atoms with Crippen LogP contribution in [0, 0.1) is 0 Å². The smallest absolute Gasteiger partial charge is 0.207 e. The van der Waals surface area contributed by atoms with Crippen molar-refractivity contribution in [2.75, 3.05) is 6.54 Å². The molecule has 23 heavy (non-hydrogen) atoms. The van der Waals surface area contributed by atoms with Crippen molar-refractivity contribution < 1.29 is 21.6 Å². The molecule has 0 radical (unpaired) electrons. The molecule has 124 valence electrons. The Morgan fingerprint density at radius 2 is 2.00 bits per heavy atom. The zero-order valence-corrected chi connectivity index (χ0v) is 13.8. The summed E-state index contributed by atoms with van der Waals surface area (Å²) in [5.41, 5.74) is -0.0312. The number of rotatable bonds is 2. The fourth-order valence-electron chi connectivity index (χ4n) is 2.78. The summed E-state index contributed by atoms with van der Waals surface area (Å²) in [7, 11) is -3.98. The molecule has 0 fully saturated rings. The molecule has 0 saturated carbocycles. The molecule has 0 aliphatic carbocycles. The molecule has 0 saturated heterocycles. The van der Waals surface area contributed by atoms with Gasteiger partial charge in [-0.15, -0.1) is 11.3 Å². The lowest BCUT2D eigenvalue weighted by Gasteiger charge is -2.32. The first-order valence-corrected chi connectivity index (χ1v) is 9.28. The SMILES string of the molecule is C[C@H]1c2ccsc2CCN1S(=O)(=O)c1cccc(C(F)(F)F)c1. The van der Waals surface area contributed by atoms with Gasteiger partial charge in [0.25, 0.3) is 0 Å². The van der Waals surface area contributed by atoms with E-state index in [-0.39, 0.29) is 17.5 Å². The van der Waals surface area contributed by atoms with Crippen molar-refractivity contribution >= 4 is 21.4 Å². The Kier molecular flexibility index (Phi) is 4.02. The number of hydrogen-bond acceptors (Lipinski definition) is 3. The van der Waals surface area contributed by atoms with Crippen LogP contribution in [0.1, 0.15) is 29.0 Å². The Labute approximate surface area is 136 Å². The maximum atomic E-state index is 12.8. The Hall–Kier alpha value is -1.38. The third kappa shape index (κ3) is 2.90. The quantitative estimate of drug-likeness (QED) is 0.808. The third-order valence-electron chi connectivity index (χ3n) is 3.99. The molecule has 3 rings (SSSR count). The average molecular weight is 361 g/mol. The van der Waals surface area contributed by atoms with Crippen LogP contribution in [0.4, 0.5) is 13.2 Å². The lowest BCUT2D eigenvalue weighted by molar-refractivity contribution is -0.137. The fourth-order valence-corrected chi connectivity index (χ4v) is 5.40. The van der Waals surface area contributed by atoms with E-state index in [1.165, 1.54) is 10.4 Å². The predicted molar refractivity (Wildman–Crippen MR) is 81.8 cm³/mol. The van der Waals surface area contributed by atoms with Crippen LogP contribution >= 0.6 is 11.3 Å². The summed E-state index contributed by atoms with van der Waals surface area (Å²) in [4.78, 5) is 0.811. The van der Waals surface area contributed by atoms with E-state index < -0.39 is 21.8 Å². The Morgan fingerprint density at radius 3 is 2.70 bits per heavy atom. The van der Waals surface area contributed by atoms with E-state index in [1.807, 2.05) is 11.4 Å². The number of fused-ring (bicyclic) bond motifs is 1. The molecule has 8 heteroatoms. The molecule has 1 aliphatic heterocycles. The van der Waals surface area contributed by atoms with Crippen LogP contribution in [-0.2, 0) is 22.6 Å². The first-order chi connectivity index (χ1) is 10.7. The molecule has 1 aromatic heterocycles. The average Bonchev–Trinajstić information content (AvgIpc) is 2.96. The Balaban J connectivity index is 2.00. The number of hydrogen-bond donors (Lipinski definition) is 0. The van der Waals surface area contributed by atoms with Crippen molar-refractivity contribution in [1.82, 2.24) is 4.31 Å². The summed E-state index contributed by atoms with van der Waals surface area (Å²) >= 11 is 1.57. The van der Waals surface area contributed by atoms with E-state index in [9.17, 15) is 21.6 Å². The van der Waals surface area contributed by atoms with Gasteiger partial charge in [0.2, 0.25) is 10.0 Å². The van der Waals surface area contributed by atoms with Crippen LogP contribution in [0.3, 0.4) is 0 Å². The highest BCUT2D eigenvalue weighted by Crippen LogP contribution is 2.37. The highest BCUT2D eigenvalue weighted by molar-refractivity contribution is 7.89. The van der Waals surface area contributed by atoms with Crippen molar-refractivity contribution in [3.8, 4) is 0 Å². The zero-order valence-electron chi connectivity index (χ0n) is 12.2. The molecule has 1 aromatic carbocycles. The number of halogens is 3. The van der Waals surface area contributed by atoms with Gasteiger partial charge in [-0.2, -0.15) is 17.5 Å². The van der Waals surface area contributed by atoms with E-state index in [0.29, 0.717) is 12.5 Å². The third-order valence-corrected chi connectivity index (χ3v) is 6.95. The van der Waals surface area contributed by atoms with Gasteiger partial charge in [-0.3, -0.25) is 0 Å². The van der Waals surface area contributed by atoms with Crippen molar-refractivity contribution in [3.63, 3.8) is 0 Å². The molecule has 0 N–H and O–H groups in total. The van der Waals surface area contributed by atoms with Crippen LogP contribution in [-0.4, -0.2) is 19.3 Å². The maximum Gasteiger partial charge on any atom is 0.416 e. The summed E-state index contributed by atoms with van der Waals surface area (Å²) in [6.07, 6.45) is -3.99. The molecule has 0 unspecified atom stereocenters. The Morgan fingerprint density at radius 1 is 1.26 bits per heavy atom. The number of benzene rings is 1. The topological polar surface area (TPSA) is 37.4 Å². The number of thiophene rings is 1. The highest BCUT2D eigenvalue weighted by Gasteiger charge is 2.36. The Bertz CT molecular complexity index is 827. The predicted octanol–water partition coefficient (Wildman–Crippen LogP) is 4.07. The van der Waals surface area contributed by atoms with Crippen LogP contribution in [0.25, 0.3) is 0 Å². The first kappa shape index (κ1) is 16.5. The maximum absolute atomic E-state index is 12.8. The van der Waals surface area contributed by atoms with E-state index in [4.69, 9.17) is 0 Å². The fraction of sp³-hybridized carbons (Fsp3) is 0.333. The monoisotopic (exact) mass is 361 g/mol. The molecule has 0 amide bonds. The van der Waals surface area contributed by atoms with Crippen molar-refractivity contribution in [2.45, 2.75) is 30.5 Å². The lowest BCUT2D eigenvalue weighted by Crippen LogP contribution is -2.38. The lowest BCUT2D eigenvalue weighted by atomic mass is 10.0. The largest absolute Gasteiger partial charge is 0.416 e. The number of nitrogens with zero attached hydrogens (tertiary/aromatic N) is 1. The van der Waals surface area contributed by atoms with Gasteiger partial charge >= 0.3 is 6.18 Å². The summed E-state index contributed by atoms with van der Waals surface area (Å²) in [5, 5.41) is 1.90. The van der Waals surface area contributed by atoms with Crippen LogP contribution in [0.15, 0.2) is 40.6 Å². The van der Waals surface area contributed by atoms with E-state index >= 15 is 0 Å². The molecular formula is C15H14F3NO2S2. The van der Waals surface area contributed by atoms with Gasteiger partial charge in [0.05, 0.1) is 10.5 Å². The summed E-state index contributed by atoms with van der Waals surface area (Å²) in [6.45, 7) is 2.03. The van der Waals surface area contributed by atoms with Crippen molar-refractivity contribution in [2.24, 2.45) is 0 Å². The first-order valence-electron chi connectivity index (χ1n) is 6.96. The van der Waals surface area contributed by atoms with E-state index in [1.54, 1.807) is 18.3 Å². The molecule has 2 heterocycles. The second-order valence-electron chi connectivity index (χ2n) is 5.37. The van der Waals surface area contributed by atoms with Crippen LogP contribution < -0.4 is 0 Å². The molecule has 3 nitrogen and oxygen atoms in total. The number of sulfonamides is 1. The van der Waals surface area contributed by atoms with E-state index in [0.717, 1.165) is 22.6 Å². The van der Waals surface area contributed by atoms with Crippen molar-refractivity contribution in [3.05, 3.63) is 51.7 Å². The van der Waals surface area contributed by atoms with Gasteiger partial charge in [-0.05, 0) is 48.6 Å². The minimum Gasteiger partial charge on any atom is -0.207 e.